The van der Waals surface area contributed by atoms with E-state index in [1.807, 2.05) is 24.3 Å². The maximum absolute atomic E-state index is 11.8. The molecule has 0 aromatic heterocycles. The van der Waals surface area contributed by atoms with E-state index in [0.717, 1.165) is 11.4 Å². The molecule has 0 bridgehead atoms. The smallest absolute Gasteiger partial charge is 0.253 e. The van der Waals surface area contributed by atoms with E-state index in [-0.39, 0.29) is 5.91 Å². The van der Waals surface area contributed by atoms with Gasteiger partial charge in [0.15, 0.2) is 0 Å². The fourth-order valence-corrected chi connectivity index (χ4v) is 2.52. The maximum atomic E-state index is 11.8. The molecular weight excluding hydrogens is 252 g/mol. The lowest BCUT2D eigenvalue weighted by Gasteiger charge is -2.24. The Morgan fingerprint density at radius 1 is 1.25 bits per heavy atom. The average molecular weight is 276 g/mol. The van der Waals surface area contributed by atoms with Crippen LogP contribution < -0.4 is 10.6 Å². The highest BCUT2D eigenvalue weighted by molar-refractivity contribution is 5.94. The molecule has 0 spiro atoms. The highest BCUT2D eigenvalue weighted by Crippen LogP contribution is 2.23. The van der Waals surface area contributed by atoms with E-state index in [0.29, 0.717) is 6.04 Å². The number of anilines is 2. The lowest BCUT2D eigenvalue weighted by molar-refractivity contribution is -0.124. The standard InChI is InChI=1S/C16H24N2O2/c1-12(20-2)16(19)18-15-10-6-9-14(11-15)17-13-7-4-3-5-8-13/h6,9-13,17H,3-5,7-8H2,1-2H3,(H,18,19)/t12-/m1/s1. The third kappa shape index (κ3) is 4.23. The summed E-state index contributed by atoms with van der Waals surface area (Å²) in [4.78, 5) is 11.8. The van der Waals surface area contributed by atoms with Gasteiger partial charge in [-0.25, -0.2) is 0 Å². The predicted molar refractivity (Wildman–Crippen MR) is 82.0 cm³/mol. The van der Waals surface area contributed by atoms with Crippen molar-refractivity contribution in [3.8, 4) is 0 Å². The van der Waals surface area contributed by atoms with Gasteiger partial charge in [-0.1, -0.05) is 25.3 Å². The van der Waals surface area contributed by atoms with Crippen LogP contribution in [0, 0.1) is 0 Å². The van der Waals surface area contributed by atoms with Crippen molar-refractivity contribution >= 4 is 17.3 Å². The second kappa shape index (κ2) is 7.29. The van der Waals surface area contributed by atoms with Crippen molar-refractivity contribution in [2.45, 2.75) is 51.2 Å². The molecule has 2 rings (SSSR count). The van der Waals surface area contributed by atoms with Crippen molar-refractivity contribution in [1.29, 1.82) is 0 Å². The van der Waals surface area contributed by atoms with Crippen molar-refractivity contribution in [2.24, 2.45) is 0 Å². The van der Waals surface area contributed by atoms with Crippen LogP contribution >= 0.6 is 0 Å². The number of benzene rings is 1. The summed E-state index contributed by atoms with van der Waals surface area (Å²) in [5, 5.41) is 6.42. The van der Waals surface area contributed by atoms with Crippen LogP contribution in [-0.2, 0) is 9.53 Å². The van der Waals surface area contributed by atoms with Gasteiger partial charge in [-0.3, -0.25) is 4.79 Å². The molecule has 1 saturated carbocycles. The van der Waals surface area contributed by atoms with Crippen LogP contribution in [0.15, 0.2) is 24.3 Å². The maximum Gasteiger partial charge on any atom is 0.253 e. The van der Waals surface area contributed by atoms with Crippen LogP contribution in [0.4, 0.5) is 11.4 Å². The third-order valence-electron chi connectivity index (χ3n) is 3.83. The Morgan fingerprint density at radius 2 is 1.95 bits per heavy atom. The zero-order valence-corrected chi connectivity index (χ0v) is 12.3. The number of amides is 1. The number of ether oxygens (including phenoxy) is 1. The topological polar surface area (TPSA) is 50.4 Å². The van der Waals surface area contributed by atoms with E-state index in [1.54, 1.807) is 6.92 Å². The molecule has 4 nitrogen and oxygen atoms in total. The minimum Gasteiger partial charge on any atom is -0.382 e. The predicted octanol–water partition coefficient (Wildman–Crippen LogP) is 3.40. The Balaban J connectivity index is 1.94. The second-order valence-corrected chi connectivity index (χ2v) is 5.43. The number of hydrogen-bond acceptors (Lipinski definition) is 3. The van der Waals surface area contributed by atoms with E-state index in [9.17, 15) is 4.79 Å². The summed E-state index contributed by atoms with van der Waals surface area (Å²) in [7, 11) is 1.53. The third-order valence-corrected chi connectivity index (χ3v) is 3.83. The first-order valence-corrected chi connectivity index (χ1v) is 7.39. The fourth-order valence-electron chi connectivity index (χ4n) is 2.52. The number of nitrogens with one attached hydrogen (secondary N) is 2. The van der Waals surface area contributed by atoms with Crippen LogP contribution in [-0.4, -0.2) is 25.2 Å². The van der Waals surface area contributed by atoms with E-state index in [4.69, 9.17) is 4.74 Å². The summed E-state index contributed by atoms with van der Waals surface area (Å²) in [6, 6.07) is 8.44. The quantitative estimate of drug-likeness (QED) is 0.866. The summed E-state index contributed by atoms with van der Waals surface area (Å²) in [5.74, 6) is -0.123. The van der Waals surface area contributed by atoms with Gasteiger partial charge in [0.05, 0.1) is 0 Å². The van der Waals surface area contributed by atoms with Gasteiger partial charge in [-0.15, -0.1) is 0 Å². The van der Waals surface area contributed by atoms with Crippen LogP contribution in [0.3, 0.4) is 0 Å². The van der Waals surface area contributed by atoms with Crippen LogP contribution in [0.5, 0.6) is 0 Å². The van der Waals surface area contributed by atoms with Crippen molar-refractivity contribution in [3.63, 3.8) is 0 Å². The molecular formula is C16H24N2O2. The van der Waals surface area contributed by atoms with Gasteiger partial charge in [0.1, 0.15) is 6.10 Å². The normalized spacial score (nSPS) is 17.5. The number of rotatable bonds is 5. The SMILES string of the molecule is CO[C@H](C)C(=O)Nc1cccc(NC2CCCCC2)c1. The summed E-state index contributed by atoms with van der Waals surface area (Å²) >= 11 is 0. The number of methoxy groups -OCH3 is 1. The molecule has 0 saturated heterocycles. The molecule has 0 aliphatic heterocycles. The van der Waals surface area contributed by atoms with E-state index in [2.05, 4.69) is 10.6 Å². The molecule has 110 valence electrons. The first kappa shape index (κ1) is 14.9. The Kier molecular flexibility index (Phi) is 5.41. The second-order valence-electron chi connectivity index (χ2n) is 5.43. The lowest BCUT2D eigenvalue weighted by Crippen LogP contribution is -2.26. The first-order chi connectivity index (χ1) is 9.69. The van der Waals surface area contributed by atoms with Crippen LogP contribution in [0.25, 0.3) is 0 Å². The van der Waals surface area contributed by atoms with Crippen molar-refractivity contribution in [3.05, 3.63) is 24.3 Å². The van der Waals surface area contributed by atoms with Crippen molar-refractivity contribution < 1.29 is 9.53 Å². The van der Waals surface area contributed by atoms with Gasteiger partial charge in [-0.2, -0.15) is 0 Å². The van der Waals surface area contributed by atoms with Gasteiger partial charge >= 0.3 is 0 Å². The number of carbonyl (C=O) groups is 1. The highest BCUT2D eigenvalue weighted by atomic mass is 16.5. The van der Waals surface area contributed by atoms with Gasteiger partial charge in [0.2, 0.25) is 0 Å². The molecule has 1 aliphatic carbocycles. The van der Waals surface area contributed by atoms with E-state index in [1.165, 1.54) is 39.2 Å². The van der Waals surface area contributed by atoms with Crippen molar-refractivity contribution in [1.82, 2.24) is 0 Å². The molecule has 1 atom stereocenters. The minimum atomic E-state index is -0.440. The van der Waals surface area contributed by atoms with Gasteiger partial charge < -0.3 is 15.4 Å². The molecule has 1 amide bonds. The molecule has 1 aromatic rings. The van der Waals surface area contributed by atoms with Gasteiger partial charge in [-0.05, 0) is 38.0 Å². The zero-order chi connectivity index (χ0) is 14.4. The summed E-state index contributed by atoms with van der Waals surface area (Å²) < 4.78 is 5.01. The van der Waals surface area contributed by atoms with E-state index < -0.39 is 6.10 Å². The highest BCUT2D eigenvalue weighted by Gasteiger charge is 2.14. The van der Waals surface area contributed by atoms with Gasteiger partial charge in [0, 0.05) is 24.5 Å². The van der Waals surface area contributed by atoms with Crippen LogP contribution in [0.1, 0.15) is 39.0 Å². The monoisotopic (exact) mass is 276 g/mol. The molecule has 0 heterocycles. The molecule has 1 fully saturated rings. The molecule has 0 unspecified atom stereocenters. The molecule has 0 radical (unpaired) electrons. The fraction of sp³-hybridized carbons (Fsp3) is 0.562. The molecule has 4 heteroatoms. The minimum absolute atomic E-state index is 0.123. The van der Waals surface area contributed by atoms with Gasteiger partial charge in [0.25, 0.3) is 5.91 Å². The number of carbonyl (C=O) groups excluding carboxylic acids is 1. The molecule has 1 aliphatic rings. The Bertz CT molecular complexity index is 442. The summed E-state index contributed by atoms with van der Waals surface area (Å²) in [6.07, 6.45) is 5.99. The number of hydrogen-bond donors (Lipinski definition) is 2. The van der Waals surface area contributed by atoms with Crippen molar-refractivity contribution in [2.75, 3.05) is 17.7 Å². The zero-order valence-electron chi connectivity index (χ0n) is 12.3. The molecule has 1 aromatic carbocycles. The van der Waals surface area contributed by atoms with E-state index >= 15 is 0 Å². The Hall–Kier alpha value is -1.55. The summed E-state index contributed by atoms with van der Waals surface area (Å²) in [6.45, 7) is 1.74. The Morgan fingerprint density at radius 3 is 2.65 bits per heavy atom. The summed E-state index contributed by atoms with van der Waals surface area (Å²) in [5.41, 5.74) is 1.87. The lowest BCUT2D eigenvalue weighted by atomic mass is 9.95. The first-order valence-electron chi connectivity index (χ1n) is 7.39. The van der Waals surface area contributed by atoms with Crippen LogP contribution in [0.2, 0.25) is 0 Å². The Labute approximate surface area is 120 Å². The average Bonchev–Trinajstić information content (AvgIpc) is 2.47. The largest absolute Gasteiger partial charge is 0.382 e. The molecule has 2 N–H and O–H groups in total. The molecule has 20 heavy (non-hydrogen) atoms.